The molecule has 0 unspecified atom stereocenters. The molecule has 1 aliphatic rings. The number of carbonyl (C=O) groups is 1. The molecule has 192 valence electrons. The second-order valence-corrected chi connectivity index (χ2v) is 9.14. The fraction of sp³-hybridized carbons (Fsp3) is 0.480. The van der Waals surface area contributed by atoms with Crippen molar-refractivity contribution in [2.24, 2.45) is 5.92 Å². The first-order chi connectivity index (χ1) is 16.6. The van der Waals surface area contributed by atoms with Crippen LogP contribution >= 0.6 is 0 Å². The van der Waals surface area contributed by atoms with Gasteiger partial charge in [0.15, 0.2) is 0 Å². The number of rotatable bonds is 8. The van der Waals surface area contributed by atoms with E-state index >= 15 is 0 Å². The van der Waals surface area contributed by atoms with Crippen LogP contribution in [0.4, 0.5) is 9.18 Å². The van der Waals surface area contributed by atoms with E-state index in [0.29, 0.717) is 25.6 Å². The van der Waals surface area contributed by atoms with E-state index in [1.54, 1.807) is 12.1 Å². The molecule has 2 aromatic rings. The van der Waals surface area contributed by atoms with Crippen molar-refractivity contribution in [3.63, 3.8) is 0 Å². The zero-order valence-corrected chi connectivity index (χ0v) is 20.7. The number of nitrogens with zero attached hydrogens (tertiary/aromatic N) is 2. The third-order valence-corrected chi connectivity index (χ3v) is 5.61. The number of nitrogens with one attached hydrogen (secondary N) is 1. The third kappa shape index (κ3) is 11.1. The van der Waals surface area contributed by atoms with E-state index < -0.39 is 7.32 Å². The minimum absolute atomic E-state index is 0.0842. The van der Waals surface area contributed by atoms with E-state index in [0.717, 1.165) is 42.8 Å². The average Bonchev–Trinajstić information content (AvgIpc) is 2.82. The molecule has 10 heteroatoms. The fourth-order valence-corrected chi connectivity index (χ4v) is 3.71. The van der Waals surface area contributed by atoms with Crippen LogP contribution in [0.2, 0.25) is 0 Å². The Morgan fingerprint density at radius 3 is 2.17 bits per heavy atom. The molecule has 0 spiro atoms. The molecule has 1 saturated heterocycles. The lowest BCUT2D eigenvalue weighted by atomic mass is 10.0. The SMILES string of the molecule is CC(C)COc1ccc(CNC(=O)N(Cc2ccc(F)cc2)C2CCN(C)CC2)cc1.OB(O)O. The number of likely N-dealkylation sites (tertiary alicyclic amines) is 1. The largest absolute Gasteiger partial charge is 0.631 e. The maximum absolute atomic E-state index is 13.3. The Morgan fingerprint density at radius 1 is 1.09 bits per heavy atom. The number of benzene rings is 2. The molecule has 1 fully saturated rings. The van der Waals surface area contributed by atoms with Gasteiger partial charge in [0, 0.05) is 19.1 Å². The highest BCUT2D eigenvalue weighted by atomic mass is 19.1. The molecule has 0 saturated carbocycles. The van der Waals surface area contributed by atoms with Crippen LogP contribution in [0.5, 0.6) is 5.75 Å². The van der Waals surface area contributed by atoms with Crippen molar-refractivity contribution in [1.82, 2.24) is 15.1 Å². The summed E-state index contributed by atoms with van der Waals surface area (Å²) in [6.45, 7) is 7.78. The van der Waals surface area contributed by atoms with Crippen LogP contribution in [-0.2, 0) is 13.1 Å². The highest BCUT2D eigenvalue weighted by Crippen LogP contribution is 2.19. The first kappa shape index (κ1) is 28.6. The zero-order valence-electron chi connectivity index (χ0n) is 20.7. The van der Waals surface area contributed by atoms with Crippen LogP contribution in [0.1, 0.15) is 37.8 Å². The van der Waals surface area contributed by atoms with Crippen molar-refractivity contribution in [2.75, 3.05) is 26.7 Å². The lowest BCUT2D eigenvalue weighted by molar-refractivity contribution is 0.127. The van der Waals surface area contributed by atoms with Crippen LogP contribution in [0.25, 0.3) is 0 Å². The number of urea groups is 1. The molecule has 0 aliphatic carbocycles. The Morgan fingerprint density at radius 2 is 1.63 bits per heavy atom. The van der Waals surface area contributed by atoms with Crippen molar-refractivity contribution >= 4 is 13.4 Å². The van der Waals surface area contributed by atoms with Gasteiger partial charge in [-0.3, -0.25) is 0 Å². The molecule has 0 atom stereocenters. The Kier molecular flexibility index (Phi) is 12.0. The van der Waals surface area contributed by atoms with E-state index in [1.165, 1.54) is 12.1 Å². The molecule has 1 heterocycles. The van der Waals surface area contributed by atoms with Gasteiger partial charge in [-0.1, -0.05) is 38.1 Å². The maximum atomic E-state index is 13.3. The van der Waals surface area contributed by atoms with E-state index in [2.05, 4.69) is 31.1 Å². The minimum atomic E-state index is -2.17. The van der Waals surface area contributed by atoms with Crippen molar-refractivity contribution in [1.29, 1.82) is 0 Å². The second-order valence-electron chi connectivity index (χ2n) is 9.14. The molecule has 0 bridgehead atoms. The summed E-state index contributed by atoms with van der Waals surface area (Å²) in [5.41, 5.74) is 1.96. The lowest BCUT2D eigenvalue weighted by Crippen LogP contribution is -2.49. The molecule has 3 rings (SSSR count). The molecular weight excluding hydrogens is 452 g/mol. The monoisotopic (exact) mass is 489 g/mol. The fourth-order valence-electron chi connectivity index (χ4n) is 3.71. The number of ether oxygens (including phenoxy) is 1. The number of halogens is 1. The number of piperidine rings is 1. The second kappa shape index (κ2) is 14.7. The van der Waals surface area contributed by atoms with Gasteiger partial charge in [0.2, 0.25) is 0 Å². The molecule has 8 nitrogen and oxygen atoms in total. The summed E-state index contributed by atoms with van der Waals surface area (Å²) in [6, 6.07) is 14.3. The zero-order chi connectivity index (χ0) is 25.8. The van der Waals surface area contributed by atoms with Crippen LogP contribution in [-0.4, -0.2) is 71.0 Å². The summed E-state index contributed by atoms with van der Waals surface area (Å²) in [6.07, 6.45) is 1.88. The predicted molar refractivity (Wildman–Crippen MR) is 134 cm³/mol. The molecule has 2 amide bonds. The van der Waals surface area contributed by atoms with Gasteiger partial charge in [-0.2, -0.15) is 0 Å². The predicted octanol–water partition coefficient (Wildman–Crippen LogP) is 2.61. The third-order valence-electron chi connectivity index (χ3n) is 5.61. The van der Waals surface area contributed by atoms with Crippen LogP contribution in [0.3, 0.4) is 0 Å². The van der Waals surface area contributed by atoms with E-state index in [1.807, 2.05) is 29.2 Å². The highest BCUT2D eigenvalue weighted by Gasteiger charge is 2.27. The Bertz CT molecular complexity index is 873. The van der Waals surface area contributed by atoms with Gasteiger partial charge >= 0.3 is 13.4 Å². The van der Waals surface area contributed by atoms with Gasteiger partial charge in [0.1, 0.15) is 11.6 Å². The summed E-state index contributed by atoms with van der Waals surface area (Å²) >= 11 is 0. The smallest absolute Gasteiger partial charge is 0.493 e. The van der Waals surface area contributed by atoms with Gasteiger partial charge in [-0.05, 0) is 74.3 Å². The van der Waals surface area contributed by atoms with Gasteiger partial charge in [-0.25, -0.2) is 9.18 Å². The van der Waals surface area contributed by atoms with Crippen molar-refractivity contribution in [3.05, 3.63) is 65.5 Å². The Hall–Kier alpha value is -2.66. The van der Waals surface area contributed by atoms with Crippen LogP contribution in [0, 0.1) is 11.7 Å². The lowest BCUT2D eigenvalue weighted by Gasteiger charge is -2.37. The minimum Gasteiger partial charge on any atom is -0.493 e. The van der Waals surface area contributed by atoms with Crippen molar-refractivity contribution < 1.29 is 29.0 Å². The summed E-state index contributed by atoms with van der Waals surface area (Å²) in [5, 5.41) is 24.6. The molecular formula is C25H37BFN3O5. The average molecular weight is 489 g/mol. The first-order valence-corrected chi connectivity index (χ1v) is 11.9. The van der Waals surface area contributed by atoms with E-state index in [-0.39, 0.29) is 17.9 Å². The number of hydrogen-bond acceptors (Lipinski definition) is 6. The van der Waals surface area contributed by atoms with Gasteiger partial charge in [-0.15, -0.1) is 0 Å². The molecule has 1 aliphatic heterocycles. The topological polar surface area (TPSA) is 106 Å². The standard InChI is InChI=1S/C25H34FN3O2.BH3O3/c1-19(2)18-31-24-10-6-20(7-11-24)16-27-25(30)29(23-12-14-28(3)15-13-23)17-21-4-8-22(26)9-5-21;2-1(3)4/h4-11,19,23H,12-18H2,1-3H3,(H,27,30);2-4H. The van der Waals surface area contributed by atoms with Crippen LogP contribution < -0.4 is 10.1 Å². The van der Waals surface area contributed by atoms with E-state index in [9.17, 15) is 9.18 Å². The quantitative estimate of drug-likeness (QED) is 0.425. The van der Waals surface area contributed by atoms with E-state index in [4.69, 9.17) is 19.8 Å². The molecule has 35 heavy (non-hydrogen) atoms. The highest BCUT2D eigenvalue weighted by molar-refractivity contribution is 6.30. The summed E-state index contributed by atoms with van der Waals surface area (Å²) < 4.78 is 19.0. The number of amides is 2. The summed E-state index contributed by atoms with van der Waals surface area (Å²) in [5.74, 6) is 1.05. The van der Waals surface area contributed by atoms with Gasteiger partial charge < -0.3 is 34.9 Å². The normalized spacial score (nSPS) is 14.2. The number of carbonyl (C=O) groups excluding carboxylic acids is 1. The van der Waals surface area contributed by atoms with Gasteiger partial charge in [0.05, 0.1) is 6.61 Å². The number of hydrogen-bond donors (Lipinski definition) is 4. The maximum Gasteiger partial charge on any atom is 0.631 e. The molecule has 0 aromatic heterocycles. The van der Waals surface area contributed by atoms with Gasteiger partial charge in [0.25, 0.3) is 0 Å². The summed E-state index contributed by atoms with van der Waals surface area (Å²) in [7, 11) is -0.0604. The van der Waals surface area contributed by atoms with Crippen molar-refractivity contribution in [2.45, 2.75) is 45.8 Å². The Balaban J connectivity index is 0.00000100. The molecule has 2 aromatic carbocycles. The molecule has 0 radical (unpaired) electrons. The Labute approximate surface area is 207 Å². The first-order valence-electron chi connectivity index (χ1n) is 11.9. The van der Waals surface area contributed by atoms with Crippen molar-refractivity contribution in [3.8, 4) is 5.75 Å². The molecule has 4 N–H and O–H groups in total. The summed E-state index contributed by atoms with van der Waals surface area (Å²) in [4.78, 5) is 17.3. The van der Waals surface area contributed by atoms with Crippen LogP contribution in [0.15, 0.2) is 48.5 Å².